The molecule has 1 aromatic carbocycles. The molecule has 0 unspecified atom stereocenters. The molecule has 0 atom stereocenters. The van der Waals surface area contributed by atoms with Crippen LogP contribution in [0.4, 0.5) is 4.39 Å². The van der Waals surface area contributed by atoms with E-state index in [1.54, 1.807) is 4.31 Å². The molecular formula is C17H24FNO4S. The lowest BCUT2D eigenvalue weighted by atomic mass is 9.95. The van der Waals surface area contributed by atoms with E-state index < -0.39 is 15.8 Å². The second-order valence-electron chi connectivity index (χ2n) is 6.50. The zero-order valence-corrected chi connectivity index (χ0v) is 14.9. The first-order valence-electron chi connectivity index (χ1n) is 8.44. The fourth-order valence-corrected chi connectivity index (χ4v) is 5.50. The lowest BCUT2D eigenvalue weighted by Crippen LogP contribution is -2.43. The molecule has 0 aromatic heterocycles. The van der Waals surface area contributed by atoms with E-state index in [1.807, 2.05) is 0 Å². The van der Waals surface area contributed by atoms with Crippen LogP contribution < -0.4 is 9.47 Å². The highest BCUT2D eigenvalue weighted by atomic mass is 32.2. The highest BCUT2D eigenvalue weighted by molar-refractivity contribution is 7.89. The number of nitrogens with zero attached hydrogens (tertiary/aromatic N) is 1. The summed E-state index contributed by atoms with van der Waals surface area (Å²) in [5.74, 6) is -0.393. The second-order valence-corrected chi connectivity index (χ2v) is 8.31. The summed E-state index contributed by atoms with van der Waals surface area (Å²) in [6.07, 6.45) is 6.60. The minimum atomic E-state index is -3.90. The molecule has 2 aliphatic rings. The molecule has 3 rings (SSSR count). The van der Waals surface area contributed by atoms with Gasteiger partial charge in [-0.25, -0.2) is 12.8 Å². The molecular weight excluding hydrogens is 333 g/mol. The average molecular weight is 357 g/mol. The van der Waals surface area contributed by atoms with Gasteiger partial charge in [-0.15, -0.1) is 0 Å². The minimum absolute atomic E-state index is 0.00518. The Morgan fingerprint density at radius 2 is 1.50 bits per heavy atom. The third-order valence-corrected chi connectivity index (χ3v) is 6.85. The Labute approximate surface area is 142 Å². The van der Waals surface area contributed by atoms with Gasteiger partial charge in [0.05, 0.1) is 14.2 Å². The summed E-state index contributed by atoms with van der Waals surface area (Å²) >= 11 is 0. The molecule has 7 heteroatoms. The van der Waals surface area contributed by atoms with Crippen LogP contribution in [-0.4, -0.2) is 39.0 Å². The van der Waals surface area contributed by atoms with Gasteiger partial charge in [0.15, 0.2) is 11.5 Å². The third kappa shape index (κ3) is 3.24. The van der Waals surface area contributed by atoms with Crippen molar-refractivity contribution in [1.29, 1.82) is 0 Å². The number of rotatable bonds is 6. The normalized spacial score (nSPS) is 19.5. The summed E-state index contributed by atoms with van der Waals surface area (Å²) < 4.78 is 52.7. The Hall–Kier alpha value is -1.34. The number of halogens is 1. The fraction of sp³-hybridized carbons (Fsp3) is 0.647. The Bertz CT molecular complexity index is 697. The van der Waals surface area contributed by atoms with Crippen LogP contribution in [0.3, 0.4) is 0 Å². The monoisotopic (exact) mass is 357 g/mol. The standard InChI is InChI=1S/C17H24FNO4S/c1-22-15-10-14(18)17(11-16(15)23-2)24(20,21)19(13-8-9-13)12-6-4-3-5-7-12/h10-13H,3-9H2,1-2H3. The van der Waals surface area contributed by atoms with E-state index in [1.165, 1.54) is 20.3 Å². The molecule has 2 saturated carbocycles. The first-order chi connectivity index (χ1) is 11.5. The van der Waals surface area contributed by atoms with Crippen molar-refractivity contribution in [3.63, 3.8) is 0 Å². The van der Waals surface area contributed by atoms with E-state index in [0.29, 0.717) is 0 Å². The summed E-state index contributed by atoms with van der Waals surface area (Å²) in [7, 11) is -1.10. The quantitative estimate of drug-likeness (QED) is 0.784. The van der Waals surface area contributed by atoms with Crippen LogP contribution in [0.5, 0.6) is 11.5 Å². The van der Waals surface area contributed by atoms with Gasteiger partial charge >= 0.3 is 0 Å². The van der Waals surface area contributed by atoms with Gasteiger partial charge in [0.25, 0.3) is 0 Å². The summed E-state index contributed by atoms with van der Waals surface area (Å²) in [5, 5.41) is 0. The van der Waals surface area contributed by atoms with Crippen LogP contribution in [0.2, 0.25) is 0 Å². The van der Waals surface area contributed by atoms with Crippen molar-refractivity contribution in [3.05, 3.63) is 17.9 Å². The van der Waals surface area contributed by atoms with Gasteiger partial charge in [-0.2, -0.15) is 4.31 Å². The number of methoxy groups -OCH3 is 2. The Morgan fingerprint density at radius 3 is 2.04 bits per heavy atom. The molecule has 134 valence electrons. The van der Waals surface area contributed by atoms with Gasteiger partial charge in [0.1, 0.15) is 10.7 Å². The molecule has 0 N–H and O–H groups in total. The van der Waals surface area contributed by atoms with Crippen molar-refractivity contribution in [3.8, 4) is 11.5 Å². The third-order valence-electron chi connectivity index (χ3n) is 4.83. The smallest absolute Gasteiger partial charge is 0.246 e. The molecule has 2 aliphatic carbocycles. The van der Waals surface area contributed by atoms with Gasteiger partial charge in [-0.1, -0.05) is 19.3 Å². The van der Waals surface area contributed by atoms with Crippen molar-refractivity contribution >= 4 is 10.0 Å². The Morgan fingerprint density at radius 1 is 0.958 bits per heavy atom. The largest absolute Gasteiger partial charge is 0.493 e. The summed E-state index contributed by atoms with van der Waals surface area (Å²) in [6.45, 7) is 0. The summed E-state index contributed by atoms with van der Waals surface area (Å²) in [4.78, 5) is -0.322. The van der Waals surface area contributed by atoms with Crippen molar-refractivity contribution in [2.75, 3.05) is 14.2 Å². The summed E-state index contributed by atoms with van der Waals surface area (Å²) in [6, 6.07) is 2.30. The van der Waals surface area contributed by atoms with E-state index in [-0.39, 0.29) is 28.5 Å². The van der Waals surface area contributed by atoms with Gasteiger partial charge in [-0.05, 0) is 25.7 Å². The molecule has 0 heterocycles. The predicted molar refractivity (Wildman–Crippen MR) is 88.4 cm³/mol. The zero-order chi connectivity index (χ0) is 17.3. The molecule has 0 amide bonds. The predicted octanol–water partition coefficient (Wildman–Crippen LogP) is 3.33. The molecule has 0 bridgehead atoms. The van der Waals surface area contributed by atoms with E-state index in [4.69, 9.17) is 9.47 Å². The van der Waals surface area contributed by atoms with E-state index in [9.17, 15) is 12.8 Å². The van der Waals surface area contributed by atoms with Crippen molar-refractivity contribution < 1.29 is 22.3 Å². The molecule has 0 spiro atoms. The van der Waals surface area contributed by atoms with Crippen LogP contribution in [-0.2, 0) is 10.0 Å². The lowest BCUT2D eigenvalue weighted by Gasteiger charge is -2.33. The van der Waals surface area contributed by atoms with E-state index >= 15 is 0 Å². The van der Waals surface area contributed by atoms with Crippen LogP contribution >= 0.6 is 0 Å². The van der Waals surface area contributed by atoms with Crippen LogP contribution in [0.1, 0.15) is 44.9 Å². The van der Waals surface area contributed by atoms with Gasteiger partial charge < -0.3 is 9.47 Å². The maximum atomic E-state index is 14.5. The number of hydrogen-bond acceptors (Lipinski definition) is 4. The SMILES string of the molecule is COc1cc(F)c(S(=O)(=O)N(C2CCCCC2)C2CC2)cc1OC. The molecule has 0 aliphatic heterocycles. The van der Waals surface area contributed by atoms with Crippen molar-refractivity contribution in [2.24, 2.45) is 0 Å². The molecule has 0 radical (unpaired) electrons. The van der Waals surface area contributed by atoms with Crippen molar-refractivity contribution in [1.82, 2.24) is 4.31 Å². The number of sulfonamides is 1. The van der Waals surface area contributed by atoms with Crippen molar-refractivity contribution in [2.45, 2.75) is 61.9 Å². The number of ether oxygens (including phenoxy) is 2. The Kier molecular flexibility index (Phi) is 5.01. The van der Waals surface area contributed by atoms with Crippen LogP contribution in [0.25, 0.3) is 0 Å². The maximum Gasteiger partial charge on any atom is 0.246 e. The first kappa shape index (κ1) is 17.5. The molecule has 0 saturated heterocycles. The van der Waals surface area contributed by atoms with Gasteiger partial charge in [-0.3, -0.25) is 0 Å². The lowest BCUT2D eigenvalue weighted by molar-refractivity contribution is 0.245. The highest BCUT2D eigenvalue weighted by Gasteiger charge is 2.44. The van der Waals surface area contributed by atoms with Gasteiger partial charge in [0.2, 0.25) is 10.0 Å². The Balaban J connectivity index is 2.01. The van der Waals surface area contributed by atoms with Crippen LogP contribution in [0, 0.1) is 5.82 Å². The van der Waals surface area contributed by atoms with Crippen LogP contribution in [0.15, 0.2) is 17.0 Å². The molecule has 1 aromatic rings. The molecule has 24 heavy (non-hydrogen) atoms. The molecule has 5 nitrogen and oxygen atoms in total. The highest BCUT2D eigenvalue weighted by Crippen LogP contribution is 2.40. The van der Waals surface area contributed by atoms with Gasteiger partial charge in [0, 0.05) is 24.2 Å². The topological polar surface area (TPSA) is 55.8 Å². The minimum Gasteiger partial charge on any atom is -0.493 e. The maximum absolute atomic E-state index is 14.5. The first-order valence-corrected chi connectivity index (χ1v) is 9.88. The number of hydrogen-bond donors (Lipinski definition) is 0. The van der Waals surface area contributed by atoms with E-state index in [2.05, 4.69) is 0 Å². The average Bonchev–Trinajstić information content (AvgIpc) is 3.40. The molecule has 2 fully saturated rings. The zero-order valence-electron chi connectivity index (χ0n) is 14.1. The van der Waals surface area contributed by atoms with E-state index in [0.717, 1.165) is 51.0 Å². The number of benzene rings is 1. The fourth-order valence-electron chi connectivity index (χ4n) is 3.50. The summed E-state index contributed by atoms with van der Waals surface area (Å²) in [5.41, 5.74) is 0. The second kappa shape index (κ2) is 6.88.